The number of halogens is 1. The minimum absolute atomic E-state index is 0.103. The number of benzene rings is 2. The van der Waals surface area contributed by atoms with Gasteiger partial charge in [-0.15, -0.1) is 0 Å². The van der Waals surface area contributed by atoms with Gasteiger partial charge in [-0.05, 0) is 66.0 Å². The molecule has 0 aromatic heterocycles. The zero-order valence-electron chi connectivity index (χ0n) is 23.8. The third-order valence-electron chi connectivity index (χ3n) is 8.06. The number of hydrogen-bond donors (Lipinski definition) is 0. The summed E-state index contributed by atoms with van der Waals surface area (Å²) in [6.07, 6.45) is 2.45. The Morgan fingerprint density at radius 2 is 1.46 bits per heavy atom. The Bertz CT molecular complexity index is 1350. The van der Waals surface area contributed by atoms with Crippen LogP contribution in [-0.4, -0.2) is 30.1 Å². The first kappa shape index (κ1) is 27.2. The topological polar surface area (TPSA) is 55.8 Å². The number of carbonyl (C=O) groups is 2. The van der Waals surface area contributed by atoms with Gasteiger partial charge in [0, 0.05) is 48.3 Å². The Morgan fingerprint density at radius 3 is 2.03 bits per heavy atom. The van der Waals surface area contributed by atoms with Gasteiger partial charge in [0.1, 0.15) is 12.4 Å². The van der Waals surface area contributed by atoms with Gasteiger partial charge in [0.05, 0.1) is 6.61 Å². The van der Waals surface area contributed by atoms with Crippen LogP contribution >= 0.6 is 0 Å². The van der Waals surface area contributed by atoms with Gasteiger partial charge in [-0.25, -0.2) is 4.39 Å². The number of ketones is 2. The van der Waals surface area contributed by atoms with Gasteiger partial charge in [0.2, 0.25) is 0 Å². The van der Waals surface area contributed by atoms with Crippen LogP contribution in [0.4, 0.5) is 4.39 Å². The summed E-state index contributed by atoms with van der Waals surface area (Å²) >= 11 is 0. The third kappa shape index (κ3) is 5.26. The van der Waals surface area contributed by atoms with Crippen molar-refractivity contribution in [3.05, 3.63) is 81.9 Å². The Hall–Kier alpha value is -3.41. The minimum atomic E-state index is -0.435. The van der Waals surface area contributed by atoms with Gasteiger partial charge in [-0.3, -0.25) is 9.59 Å². The fourth-order valence-corrected chi connectivity index (χ4v) is 6.38. The molecule has 5 rings (SSSR count). The molecular formula is C33H38FNO4. The lowest BCUT2D eigenvalue weighted by molar-refractivity contribution is -0.119. The quantitative estimate of drug-likeness (QED) is 0.397. The molecule has 2 aromatic carbocycles. The highest BCUT2D eigenvalue weighted by Crippen LogP contribution is 2.54. The lowest BCUT2D eigenvalue weighted by Crippen LogP contribution is -2.43. The monoisotopic (exact) mass is 531 g/mol. The van der Waals surface area contributed by atoms with E-state index in [2.05, 4.69) is 32.6 Å². The maximum atomic E-state index is 13.7. The van der Waals surface area contributed by atoms with E-state index < -0.39 is 5.92 Å². The van der Waals surface area contributed by atoms with Crippen molar-refractivity contribution in [1.82, 2.24) is 4.90 Å². The summed E-state index contributed by atoms with van der Waals surface area (Å²) in [5.41, 5.74) is 4.79. The van der Waals surface area contributed by atoms with E-state index in [0.29, 0.717) is 36.5 Å². The molecule has 0 spiro atoms. The highest BCUT2D eigenvalue weighted by Gasteiger charge is 2.48. The van der Waals surface area contributed by atoms with Crippen LogP contribution in [0.25, 0.3) is 0 Å². The second-order valence-corrected chi connectivity index (χ2v) is 12.7. The van der Waals surface area contributed by atoms with Crippen molar-refractivity contribution in [2.45, 2.75) is 72.8 Å². The molecule has 206 valence electrons. The summed E-state index contributed by atoms with van der Waals surface area (Å²) in [7, 11) is 2.01. The smallest absolute Gasteiger partial charge is 0.162 e. The molecular weight excluding hydrogens is 493 g/mol. The summed E-state index contributed by atoms with van der Waals surface area (Å²) in [6.45, 7) is 11.1. The molecule has 5 nitrogen and oxygen atoms in total. The molecule has 39 heavy (non-hydrogen) atoms. The second-order valence-electron chi connectivity index (χ2n) is 12.7. The molecule has 0 saturated heterocycles. The van der Waals surface area contributed by atoms with E-state index in [9.17, 15) is 14.0 Å². The van der Waals surface area contributed by atoms with E-state index in [4.69, 9.17) is 9.47 Å². The van der Waals surface area contributed by atoms with E-state index in [-0.39, 0.29) is 34.8 Å². The molecule has 0 saturated carbocycles. The first-order valence-corrected chi connectivity index (χ1v) is 13.8. The first-order chi connectivity index (χ1) is 18.4. The molecule has 0 amide bonds. The fraction of sp³-hybridized carbons (Fsp3) is 0.455. The highest BCUT2D eigenvalue weighted by molar-refractivity contribution is 6.06. The third-order valence-corrected chi connectivity index (χ3v) is 8.06. The summed E-state index contributed by atoms with van der Waals surface area (Å²) in [5, 5.41) is 0. The number of hydrogen-bond acceptors (Lipinski definition) is 5. The van der Waals surface area contributed by atoms with E-state index in [0.717, 1.165) is 40.9 Å². The molecule has 6 heteroatoms. The van der Waals surface area contributed by atoms with Crippen LogP contribution in [0.2, 0.25) is 0 Å². The average Bonchev–Trinajstić information content (AvgIpc) is 2.83. The van der Waals surface area contributed by atoms with Crippen molar-refractivity contribution < 1.29 is 23.5 Å². The van der Waals surface area contributed by atoms with Gasteiger partial charge in [0.15, 0.2) is 23.1 Å². The molecule has 3 aliphatic rings. The normalized spacial score (nSPS) is 20.6. The molecule has 0 bridgehead atoms. The summed E-state index contributed by atoms with van der Waals surface area (Å²) in [6, 6.07) is 12.0. The maximum absolute atomic E-state index is 13.7. The molecule has 0 unspecified atom stereocenters. The lowest BCUT2D eigenvalue weighted by Gasteiger charge is -2.47. The highest BCUT2D eigenvalue weighted by atomic mass is 19.1. The van der Waals surface area contributed by atoms with E-state index in [1.54, 1.807) is 6.07 Å². The van der Waals surface area contributed by atoms with E-state index >= 15 is 0 Å². The van der Waals surface area contributed by atoms with Crippen LogP contribution in [0.5, 0.6) is 11.5 Å². The largest absolute Gasteiger partial charge is 0.490 e. The number of rotatable bonds is 6. The van der Waals surface area contributed by atoms with Crippen molar-refractivity contribution in [3.8, 4) is 11.5 Å². The Balaban J connectivity index is 1.60. The Labute approximate surface area is 230 Å². The molecule has 2 aliphatic carbocycles. The predicted molar refractivity (Wildman–Crippen MR) is 149 cm³/mol. The minimum Gasteiger partial charge on any atom is -0.490 e. The van der Waals surface area contributed by atoms with Gasteiger partial charge in [-0.1, -0.05) is 45.9 Å². The lowest BCUT2D eigenvalue weighted by atomic mass is 9.64. The molecule has 0 radical (unpaired) electrons. The number of allylic oxidation sites excluding steroid dienone is 4. The van der Waals surface area contributed by atoms with Crippen LogP contribution in [0, 0.1) is 16.6 Å². The summed E-state index contributed by atoms with van der Waals surface area (Å²) in [5.74, 6) is 0.538. The maximum Gasteiger partial charge on any atom is 0.162 e. The van der Waals surface area contributed by atoms with Gasteiger partial charge in [0.25, 0.3) is 0 Å². The van der Waals surface area contributed by atoms with E-state index in [1.165, 1.54) is 12.1 Å². The van der Waals surface area contributed by atoms with Crippen molar-refractivity contribution in [2.24, 2.45) is 10.8 Å². The van der Waals surface area contributed by atoms with Crippen LogP contribution in [0.3, 0.4) is 0 Å². The standard InChI is InChI=1S/C33H38FNO4/c1-7-38-28-14-21(11-12-27(28)39-19-20-9-8-10-22(34)13-20)29-30-23(15-32(2,3)17-25(30)36)35(6)24-16-33(4,5)18-26(37)31(24)29/h8-14,29H,7,15-19H2,1-6H3. The summed E-state index contributed by atoms with van der Waals surface area (Å²) in [4.78, 5) is 29.6. The van der Waals surface area contributed by atoms with Crippen molar-refractivity contribution in [2.75, 3.05) is 13.7 Å². The first-order valence-electron chi connectivity index (χ1n) is 13.8. The van der Waals surface area contributed by atoms with Crippen LogP contribution in [0.15, 0.2) is 65.0 Å². The van der Waals surface area contributed by atoms with Gasteiger partial charge >= 0.3 is 0 Å². The predicted octanol–water partition coefficient (Wildman–Crippen LogP) is 7.12. The zero-order chi connectivity index (χ0) is 28.1. The van der Waals surface area contributed by atoms with Crippen LogP contribution < -0.4 is 9.47 Å². The fourth-order valence-electron chi connectivity index (χ4n) is 6.38. The zero-order valence-corrected chi connectivity index (χ0v) is 23.8. The summed E-state index contributed by atoms with van der Waals surface area (Å²) < 4.78 is 25.7. The molecule has 0 N–H and O–H groups in total. The van der Waals surface area contributed by atoms with Crippen molar-refractivity contribution in [1.29, 1.82) is 0 Å². The van der Waals surface area contributed by atoms with Gasteiger partial charge in [-0.2, -0.15) is 0 Å². The molecule has 1 heterocycles. The number of nitrogens with zero attached hydrogens (tertiary/aromatic N) is 1. The van der Waals surface area contributed by atoms with Crippen LogP contribution in [-0.2, 0) is 16.2 Å². The Kier molecular flexibility index (Phi) is 6.94. The second kappa shape index (κ2) is 9.96. The van der Waals surface area contributed by atoms with E-state index in [1.807, 2.05) is 38.2 Å². The Morgan fingerprint density at radius 1 is 0.846 bits per heavy atom. The van der Waals surface area contributed by atoms with Gasteiger partial charge < -0.3 is 14.4 Å². The SMILES string of the molecule is CCOc1cc(C2C3=C(CC(C)(C)CC3=O)N(C)C3=C2C(=O)CC(C)(C)C3)ccc1OCc1cccc(F)c1. The molecule has 0 fully saturated rings. The number of carbonyl (C=O) groups excluding carboxylic acids is 2. The number of ether oxygens (including phenoxy) is 2. The van der Waals surface area contributed by atoms with Crippen molar-refractivity contribution >= 4 is 11.6 Å². The molecule has 0 atom stereocenters. The average molecular weight is 532 g/mol. The van der Waals surface area contributed by atoms with Crippen LogP contribution in [0.1, 0.15) is 77.3 Å². The van der Waals surface area contributed by atoms with Crippen molar-refractivity contribution in [3.63, 3.8) is 0 Å². The molecule has 1 aliphatic heterocycles. The number of Topliss-reactive ketones (excluding diaryl/α,β-unsaturated/α-hetero) is 2. The molecule has 2 aromatic rings.